The van der Waals surface area contributed by atoms with Gasteiger partial charge in [0, 0.05) is 48.9 Å². The molecule has 0 spiro atoms. The molecular weight excluding hydrogens is 1200 g/mol. The second kappa shape index (κ2) is 51.8. The van der Waals surface area contributed by atoms with Gasteiger partial charge in [-0.25, -0.2) is 0 Å². The van der Waals surface area contributed by atoms with Crippen molar-refractivity contribution >= 4 is 12.4 Å². The van der Waals surface area contributed by atoms with Gasteiger partial charge in [0.1, 0.15) is 24.7 Å². The van der Waals surface area contributed by atoms with Gasteiger partial charge in [-0.2, -0.15) is 0 Å². The summed E-state index contributed by atoms with van der Waals surface area (Å²) < 4.78 is 111. The van der Waals surface area contributed by atoms with Crippen LogP contribution in [0.5, 0.6) is 34.5 Å². The molecule has 0 amide bonds. The fourth-order valence-corrected chi connectivity index (χ4v) is 9.08. The largest absolute Gasteiger partial charge is 0.504 e. The third-order valence-electron chi connectivity index (χ3n) is 13.8. The zero-order chi connectivity index (χ0) is 65.0. The summed E-state index contributed by atoms with van der Waals surface area (Å²) in [5.41, 5.74) is 4.15. The topological polar surface area (TPSA) is 250 Å². The highest BCUT2D eigenvalue weighted by Gasteiger charge is 2.25. The number of aromatic hydroxyl groups is 2. The highest BCUT2D eigenvalue weighted by molar-refractivity contribution is 5.90. The number of rotatable bonds is 58. The van der Waals surface area contributed by atoms with Crippen molar-refractivity contribution in [2.75, 3.05) is 240 Å². The maximum absolute atomic E-state index is 11.4. The molecule has 1 fully saturated rings. The first-order chi connectivity index (χ1) is 45.5. The van der Waals surface area contributed by atoms with Gasteiger partial charge in [0.05, 0.1) is 225 Å². The Balaban J connectivity index is 0.990. The van der Waals surface area contributed by atoms with Crippen molar-refractivity contribution in [1.29, 1.82) is 0 Å². The molecule has 2 N–H and O–H groups in total. The van der Waals surface area contributed by atoms with Crippen molar-refractivity contribution < 1.29 is 105 Å². The lowest BCUT2D eigenvalue weighted by molar-refractivity contribution is -0.0227. The Bertz CT molecular complexity index is 2370. The van der Waals surface area contributed by atoms with Gasteiger partial charge in [-0.05, 0) is 60.4 Å². The summed E-state index contributed by atoms with van der Waals surface area (Å²) in [6.45, 7) is 15.0. The summed E-state index contributed by atoms with van der Waals surface area (Å²) in [6, 6.07) is 22.3. The molecule has 0 bridgehead atoms. The third kappa shape index (κ3) is 33.0. The number of methoxy groups -OCH3 is 4. The molecule has 24 nitrogen and oxygen atoms in total. The van der Waals surface area contributed by atoms with Crippen LogP contribution in [0.4, 0.5) is 0 Å². The van der Waals surface area contributed by atoms with Gasteiger partial charge in [-0.15, -0.1) is 0 Å². The molecular formula is C68H102N2O22. The number of phenolic OH excluding ortho intramolecular Hbond substituents is 2. The minimum absolute atomic E-state index is 0.0289. The van der Waals surface area contributed by atoms with Crippen molar-refractivity contribution in [1.82, 2.24) is 0 Å². The van der Waals surface area contributed by atoms with E-state index >= 15 is 0 Å². The molecule has 0 heterocycles. The Hall–Kier alpha value is -5.62. The van der Waals surface area contributed by atoms with E-state index in [1.54, 1.807) is 38.8 Å². The summed E-state index contributed by atoms with van der Waals surface area (Å²) in [7, 11) is 6.32. The van der Waals surface area contributed by atoms with Crippen molar-refractivity contribution in [2.24, 2.45) is 9.98 Å². The fraction of sp³-hybridized carbons (Fsp3) is 0.618. The summed E-state index contributed by atoms with van der Waals surface area (Å²) in [5, 5.41) is 22.8. The normalized spacial score (nSPS) is 14.3. The van der Waals surface area contributed by atoms with Gasteiger partial charge in [0.2, 0.25) is 0 Å². The van der Waals surface area contributed by atoms with E-state index in [9.17, 15) is 10.2 Å². The van der Waals surface area contributed by atoms with Gasteiger partial charge in [-0.3, -0.25) is 9.98 Å². The summed E-state index contributed by atoms with van der Waals surface area (Å²) in [5.74, 6) is 1.83. The Morgan fingerprint density at radius 3 is 0.837 bits per heavy atom. The van der Waals surface area contributed by atoms with Crippen LogP contribution >= 0.6 is 0 Å². The molecule has 0 radical (unpaired) electrons. The van der Waals surface area contributed by atoms with Crippen molar-refractivity contribution in [2.45, 2.75) is 37.8 Å². The van der Waals surface area contributed by atoms with Gasteiger partial charge < -0.3 is 105 Å². The lowest BCUT2D eigenvalue weighted by Gasteiger charge is -2.25. The number of benzene rings is 4. The van der Waals surface area contributed by atoms with Crippen LogP contribution in [-0.2, 0) is 75.8 Å². The van der Waals surface area contributed by atoms with Crippen LogP contribution in [0.1, 0.15) is 36.8 Å². The molecule has 0 aliphatic heterocycles. The first-order valence-electron chi connectivity index (χ1n) is 31.9. The molecule has 0 saturated heterocycles. The number of nitrogens with zero attached hydrogens (tertiary/aromatic N) is 2. The second-order valence-corrected chi connectivity index (χ2v) is 20.5. The first kappa shape index (κ1) is 77.1. The van der Waals surface area contributed by atoms with Crippen molar-refractivity contribution in [3.63, 3.8) is 0 Å². The van der Waals surface area contributed by atoms with Crippen LogP contribution < -0.4 is 18.9 Å². The highest BCUT2D eigenvalue weighted by Crippen LogP contribution is 2.40. The van der Waals surface area contributed by atoms with Crippen molar-refractivity contribution in [3.05, 3.63) is 83.9 Å². The summed E-state index contributed by atoms with van der Waals surface area (Å²) in [4.78, 5) is 10.1. The van der Waals surface area contributed by atoms with E-state index in [2.05, 4.69) is 0 Å². The van der Waals surface area contributed by atoms with E-state index in [0.717, 1.165) is 47.9 Å². The summed E-state index contributed by atoms with van der Waals surface area (Å²) in [6.07, 6.45) is 6.92. The fourth-order valence-electron chi connectivity index (χ4n) is 9.08. The lowest BCUT2D eigenvalue weighted by atomic mass is 9.91. The second-order valence-electron chi connectivity index (χ2n) is 20.5. The number of hydrogen-bond donors (Lipinski definition) is 2. The van der Waals surface area contributed by atoms with Gasteiger partial charge in [-0.1, -0.05) is 49.2 Å². The minimum Gasteiger partial charge on any atom is -0.504 e. The number of para-hydroxylation sites is 2. The predicted octanol–water partition coefficient (Wildman–Crippen LogP) is 7.58. The highest BCUT2D eigenvalue weighted by atomic mass is 16.6. The molecule has 5 rings (SSSR count). The zero-order valence-electron chi connectivity index (χ0n) is 54.6. The standard InChI is InChI=1S/C68H102N2O22/c1-73-17-19-77-21-23-79-25-27-81-29-31-83-33-35-85-37-39-87-41-43-89-45-47-91-63-15-9-5-11-59(63)55-49-57(67(71)65(51-55)75-3)53-69-61-13-7-8-14-62(61)70-54-58-50-56(52-66(76-4)68(58)72)60-12-6-10-16-64(60)92-48-46-90-44-42-88-40-38-86-36-34-84-32-30-82-28-26-80-24-22-78-20-18-74-2/h5-6,9-12,15-16,49-54,61-62,71-72H,7-8,13-14,17-48H2,1-4H3. The smallest absolute Gasteiger partial charge is 0.166 e. The van der Waals surface area contributed by atoms with Gasteiger partial charge >= 0.3 is 0 Å². The van der Waals surface area contributed by atoms with Gasteiger partial charge in [0.15, 0.2) is 23.0 Å². The molecule has 4 aromatic carbocycles. The van der Waals surface area contributed by atoms with E-state index in [1.807, 2.05) is 60.7 Å². The number of phenols is 2. The van der Waals surface area contributed by atoms with E-state index in [0.29, 0.717) is 246 Å². The molecule has 2 unspecified atom stereocenters. The zero-order valence-corrected chi connectivity index (χ0v) is 54.6. The molecule has 24 heteroatoms. The lowest BCUT2D eigenvalue weighted by Crippen LogP contribution is -2.27. The maximum atomic E-state index is 11.4. The molecule has 92 heavy (non-hydrogen) atoms. The number of hydrogen-bond acceptors (Lipinski definition) is 24. The average Bonchev–Trinajstić information content (AvgIpc) is 0.910. The molecule has 516 valence electrons. The minimum atomic E-state index is -0.191. The van der Waals surface area contributed by atoms with E-state index in [-0.39, 0.29) is 23.6 Å². The van der Waals surface area contributed by atoms with E-state index in [4.69, 9.17) is 105 Å². The molecule has 1 aliphatic carbocycles. The molecule has 0 aromatic heterocycles. The third-order valence-corrected chi connectivity index (χ3v) is 13.8. The average molecular weight is 1300 g/mol. The van der Waals surface area contributed by atoms with Crippen LogP contribution in [0.3, 0.4) is 0 Å². The van der Waals surface area contributed by atoms with Crippen LogP contribution in [0.25, 0.3) is 22.3 Å². The Morgan fingerprint density at radius 1 is 0.326 bits per heavy atom. The Morgan fingerprint density at radius 2 is 0.576 bits per heavy atom. The molecule has 4 aromatic rings. The summed E-state index contributed by atoms with van der Waals surface area (Å²) >= 11 is 0. The van der Waals surface area contributed by atoms with E-state index in [1.165, 1.54) is 14.2 Å². The first-order valence-corrected chi connectivity index (χ1v) is 31.9. The number of ether oxygens (including phenoxy) is 20. The van der Waals surface area contributed by atoms with Crippen LogP contribution in [0.15, 0.2) is 82.8 Å². The van der Waals surface area contributed by atoms with Crippen LogP contribution in [0.2, 0.25) is 0 Å². The molecule has 1 saturated carbocycles. The Kier molecular flexibility index (Phi) is 43.4. The quantitative estimate of drug-likeness (QED) is 0.0319. The Labute approximate surface area is 543 Å². The van der Waals surface area contributed by atoms with Crippen molar-refractivity contribution in [3.8, 4) is 56.8 Å². The SMILES string of the molecule is COCCOCCOCCOCCOCCOCCOCCOCCOc1ccccc1-c1cc(C=NC2CCCCC2N=Cc2cc(-c3ccccc3OCCOCCOCCOCCOCCOCCOCCOCCOC)cc(OC)c2O)c(O)c(OC)c1. The maximum Gasteiger partial charge on any atom is 0.166 e. The molecule has 1 aliphatic rings. The van der Waals surface area contributed by atoms with Gasteiger partial charge in [0.25, 0.3) is 0 Å². The van der Waals surface area contributed by atoms with Crippen LogP contribution in [-0.4, -0.2) is 275 Å². The monoisotopic (exact) mass is 1300 g/mol. The molecule has 2 atom stereocenters. The van der Waals surface area contributed by atoms with E-state index < -0.39 is 0 Å². The number of aliphatic imine (C=N–C) groups is 2. The van der Waals surface area contributed by atoms with Crippen LogP contribution in [0, 0.1) is 0 Å². The predicted molar refractivity (Wildman–Crippen MR) is 348 cm³/mol.